The minimum atomic E-state index is -0.455. The maximum Gasteiger partial charge on any atom is 0.122 e. The summed E-state index contributed by atoms with van der Waals surface area (Å²) in [6, 6.07) is 18.6. The summed E-state index contributed by atoms with van der Waals surface area (Å²) in [5.74, 6) is 1.44. The monoisotopic (exact) mass is 311 g/mol. The van der Waals surface area contributed by atoms with Gasteiger partial charge in [0.05, 0.1) is 0 Å². The highest BCUT2D eigenvalue weighted by Crippen LogP contribution is 2.27. The SMILES string of the molecule is Cc1ccccc1OC[C@@H](O)CN1CC[C@@H](c2ccccc2)C1. The summed E-state index contributed by atoms with van der Waals surface area (Å²) in [5, 5.41) is 10.3. The predicted molar refractivity (Wildman–Crippen MR) is 92.9 cm³/mol. The van der Waals surface area contributed by atoms with E-state index in [1.54, 1.807) is 0 Å². The van der Waals surface area contributed by atoms with E-state index in [0.29, 0.717) is 19.1 Å². The van der Waals surface area contributed by atoms with Gasteiger partial charge < -0.3 is 14.7 Å². The van der Waals surface area contributed by atoms with E-state index in [1.807, 2.05) is 31.2 Å². The minimum Gasteiger partial charge on any atom is -0.491 e. The van der Waals surface area contributed by atoms with Crippen molar-refractivity contribution >= 4 is 0 Å². The minimum absolute atomic E-state index is 0.345. The number of hydrogen-bond acceptors (Lipinski definition) is 3. The van der Waals surface area contributed by atoms with Crippen molar-refractivity contribution in [1.29, 1.82) is 0 Å². The molecule has 3 nitrogen and oxygen atoms in total. The summed E-state index contributed by atoms with van der Waals surface area (Å²) in [7, 11) is 0. The average Bonchev–Trinajstić information content (AvgIpc) is 3.03. The third-order valence-corrected chi connectivity index (χ3v) is 4.54. The quantitative estimate of drug-likeness (QED) is 0.889. The molecule has 0 aromatic heterocycles. The number of β-amino-alcohol motifs (C(OH)–C–C–N with tert-alkyl or cyclic N) is 1. The van der Waals surface area contributed by atoms with Crippen LogP contribution in [-0.2, 0) is 0 Å². The van der Waals surface area contributed by atoms with Crippen LogP contribution in [0.5, 0.6) is 5.75 Å². The Balaban J connectivity index is 1.46. The summed E-state index contributed by atoms with van der Waals surface area (Å²) in [6.45, 7) is 5.10. The van der Waals surface area contributed by atoms with Crippen LogP contribution in [0.25, 0.3) is 0 Å². The van der Waals surface area contributed by atoms with Gasteiger partial charge in [-0.2, -0.15) is 0 Å². The van der Waals surface area contributed by atoms with Crippen LogP contribution >= 0.6 is 0 Å². The summed E-state index contributed by atoms with van der Waals surface area (Å²) in [6.07, 6.45) is 0.708. The van der Waals surface area contributed by atoms with Gasteiger partial charge in [-0.05, 0) is 43.0 Å². The number of aliphatic hydroxyl groups excluding tert-OH is 1. The highest BCUT2D eigenvalue weighted by atomic mass is 16.5. The van der Waals surface area contributed by atoms with Crippen molar-refractivity contribution in [1.82, 2.24) is 4.90 Å². The Bertz CT molecular complexity index is 614. The molecule has 23 heavy (non-hydrogen) atoms. The van der Waals surface area contributed by atoms with Gasteiger partial charge in [-0.25, -0.2) is 0 Å². The molecule has 0 amide bonds. The summed E-state index contributed by atoms with van der Waals surface area (Å²) >= 11 is 0. The van der Waals surface area contributed by atoms with Crippen LogP contribution in [0.15, 0.2) is 54.6 Å². The number of likely N-dealkylation sites (tertiary alicyclic amines) is 1. The average molecular weight is 311 g/mol. The van der Waals surface area contributed by atoms with Crippen molar-refractivity contribution in [2.45, 2.75) is 25.4 Å². The molecule has 1 fully saturated rings. The summed E-state index contributed by atoms with van der Waals surface area (Å²) < 4.78 is 5.74. The fraction of sp³-hybridized carbons (Fsp3) is 0.400. The number of para-hydroxylation sites is 1. The molecule has 0 aliphatic carbocycles. The Morgan fingerprint density at radius 2 is 1.87 bits per heavy atom. The molecular formula is C20H25NO2. The Hall–Kier alpha value is -1.84. The molecule has 0 saturated carbocycles. The van der Waals surface area contributed by atoms with Crippen LogP contribution in [0.2, 0.25) is 0 Å². The number of aryl methyl sites for hydroxylation is 1. The topological polar surface area (TPSA) is 32.7 Å². The van der Waals surface area contributed by atoms with Crippen molar-refractivity contribution in [3.05, 3.63) is 65.7 Å². The molecule has 0 radical (unpaired) electrons. The number of benzene rings is 2. The van der Waals surface area contributed by atoms with Crippen molar-refractivity contribution in [3.8, 4) is 5.75 Å². The molecule has 1 N–H and O–H groups in total. The molecule has 2 aromatic carbocycles. The Morgan fingerprint density at radius 1 is 1.13 bits per heavy atom. The zero-order valence-electron chi connectivity index (χ0n) is 13.7. The smallest absolute Gasteiger partial charge is 0.122 e. The van der Waals surface area contributed by atoms with Gasteiger partial charge in [-0.3, -0.25) is 0 Å². The molecule has 3 rings (SSSR count). The lowest BCUT2D eigenvalue weighted by Crippen LogP contribution is -2.34. The van der Waals surface area contributed by atoms with Crippen molar-refractivity contribution in [2.75, 3.05) is 26.2 Å². The van der Waals surface area contributed by atoms with E-state index in [2.05, 4.69) is 35.2 Å². The number of rotatable bonds is 6. The van der Waals surface area contributed by atoms with E-state index >= 15 is 0 Å². The van der Waals surface area contributed by atoms with Gasteiger partial charge in [-0.15, -0.1) is 0 Å². The second-order valence-electron chi connectivity index (χ2n) is 6.39. The number of aliphatic hydroxyl groups is 1. The first-order valence-electron chi connectivity index (χ1n) is 8.36. The van der Waals surface area contributed by atoms with Gasteiger partial charge in [0.25, 0.3) is 0 Å². The molecule has 0 unspecified atom stereocenters. The first kappa shape index (κ1) is 16.0. The van der Waals surface area contributed by atoms with Crippen LogP contribution in [0.1, 0.15) is 23.5 Å². The first-order chi connectivity index (χ1) is 11.2. The van der Waals surface area contributed by atoms with Crippen LogP contribution in [0, 0.1) is 6.92 Å². The van der Waals surface area contributed by atoms with Crippen LogP contribution < -0.4 is 4.74 Å². The van der Waals surface area contributed by atoms with E-state index in [0.717, 1.165) is 30.8 Å². The van der Waals surface area contributed by atoms with Gasteiger partial charge >= 0.3 is 0 Å². The summed E-state index contributed by atoms with van der Waals surface area (Å²) in [5.41, 5.74) is 2.51. The molecule has 122 valence electrons. The van der Waals surface area contributed by atoms with Crippen molar-refractivity contribution < 1.29 is 9.84 Å². The Kier molecular flexibility index (Phi) is 5.31. The van der Waals surface area contributed by atoms with Crippen molar-refractivity contribution in [2.24, 2.45) is 0 Å². The first-order valence-corrected chi connectivity index (χ1v) is 8.36. The second kappa shape index (κ2) is 7.62. The lowest BCUT2D eigenvalue weighted by molar-refractivity contribution is 0.0752. The van der Waals surface area contributed by atoms with E-state index in [9.17, 15) is 5.11 Å². The Labute approximate surface area is 138 Å². The fourth-order valence-electron chi connectivity index (χ4n) is 3.25. The zero-order valence-corrected chi connectivity index (χ0v) is 13.7. The third-order valence-electron chi connectivity index (χ3n) is 4.54. The van der Waals surface area contributed by atoms with Crippen molar-refractivity contribution in [3.63, 3.8) is 0 Å². The van der Waals surface area contributed by atoms with Gasteiger partial charge in [-0.1, -0.05) is 48.5 Å². The van der Waals surface area contributed by atoms with Crippen LogP contribution in [0.3, 0.4) is 0 Å². The van der Waals surface area contributed by atoms with Gasteiger partial charge in [0.2, 0.25) is 0 Å². The van der Waals surface area contributed by atoms with E-state index in [4.69, 9.17) is 4.74 Å². The van der Waals surface area contributed by atoms with Gasteiger partial charge in [0, 0.05) is 13.1 Å². The highest BCUT2D eigenvalue weighted by molar-refractivity contribution is 5.31. The molecule has 1 aliphatic heterocycles. The molecule has 2 atom stereocenters. The lowest BCUT2D eigenvalue weighted by atomic mass is 9.99. The van der Waals surface area contributed by atoms with E-state index in [-0.39, 0.29) is 0 Å². The number of nitrogens with zero attached hydrogens (tertiary/aromatic N) is 1. The molecule has 0 bridgehead atoms. The standard InChI is InChI=1S/C20H25NO2/c1-16-7-5-6-10-20(16)23-15-19(22)14-21-12-11-18(13-21)17-8-3-2-4-9-17/h2-10,18-19,22H,11-15H2,1H3/t18-,19+/m1/s1. The molecule has 1 saturated heterocycles. The van der Waals surface area contributed by atoms with E-state index in [1.165, 1.54) is 5.56 Å². The number of hydrogen-bond donors (Lipinski definition) is 1. The van der Waals surface area contributed by atoms with E-state index < -0.39 is 6.10 Å². The largest absolute Gasteiger partial charge is 0.491 e. The fourth-order valence-corrected chi connectivity index (χ4v) is 3.25. The molecule has 0 spiro atoms. The second-order valence-corrected chi connectivity index (χ2v) is 6.39. The maximum absolute atomic E-state index is 10.3. The maximum atomic E-state index is 10.3. The molecule has 1 heterocycles. The lowest BCUT2D eigenvalue weighted by Gasteiger charge is -2.21. The molecule has 1 aliphatic rings. The van der Waals surface area contributed by atoms with Gasteiger partial charge in [0.1, 0.15) is 18.5 Å². The third kappa shape index (κ3) is 4.34. The summed E-state index contributed by atoms with van der Waals surface area (Å²) in [4.78, 5) is 2.34. The predicted octanol–water partition coefficient (Wildman–Crippen LogP) is 3.22. The molecule has 2 aromatic rings. The molecular weight excluding hydrogens is 286 g/mol. The Morgan fingerprint density at radius 3 is 2.65 bits per heavy atom. The normalized spacial score (nSPS) is 19.7. The van der Waals surface area contributed by atoms with Crippen LogP contribution in [0.4, 0.5) is 0 Å². The number of ether oxygens (including phenoxy) is 1. The van der Waals surface area contributed by atoms with Gasteiger partial charge in [0.15, 0.2) is 0 Å². The van der Waals surface area contributed by atoms with Crippen LogP contribution in [-0.4, -0.2) is 42.4 Å². The molecule has 3 heteroatoms. The highest BCUT2D eigenvalue weighted by Gasteiger charge is 2.25. The zero-order chi connectivity index (χ0) is 16.1.